The van der Waals surface area contributed by atoms with Crippen LogP contribution in [0.25, 0.3) is 11.1 Å². The molecule has 0 bridgehead atoms. The summed E-state index contributed by atoms with van der Waals surface area (Å²) in [5, 5.41) is 0. The van der Waals surface area contributed by atoms with Crippen LogP contribution in [-0.4, -0.2) is 14.0 Å². The van der Waals surface area contributed by atoms with Crippen LogP contribution in [0.3, 0.4) is 0 Å². The monoisotopic (exact) mass is 300 g/mol. The van der Waals surface area contributed by atoms with Gasteiger partial charge in [0.05, 0.1) is 6.10 Å². The molecule has 1 aliphatic carbocycles. The van der Waals surface area contributed by atoms with E-state index in [0.717, 1.165) is 30.4 Å². The Hall–Kier alpha value is -1.84. The van der Waals surface area contributed by atoms with E-state index in [2.05, 4.69) is 0 Å². The first-order valence-electron chi connectivity index (χ1n) is 7.71. The van der Waals surface area contributed by atoms with Crippen molar-refractivity contribution in [2.75, 3.05) is 0 Å². The molecule has 1 nitrogen and oxygen atoms in total. The van der Waals surface area contributed by atoms with Crippen LogP contribution in [0.4, 0.5) is 8.78 Å². The average Bonchev–Trinajstić information content (AvgIpc) is 2.46. The first kappa shape index (κ1) is 15.1. The van der Waals surface area contributed by atoms with Crippen molar-refractivity contribution in [2.45, 2.75) is 39.2 Å². The van der Waals surface area contributed by atoms with E-state index in [1.807, 2.05) is 12.1 Å². The first-order chi connectivity index (χ1) is 10.5. The summed E-state index contributed by atoms with van der Waals surface area (Å²) in [6.07, 6.45) is 3.26. The van der Waals surface area contributed by atoms with Gasteiger partial charge in [-0.1, -0.05) is 18.2 Å². The number of rotatable bonds is 3. The number of aryl methyl sites for hydroxylation is 1. The molecule has 0 aliphatic heterocycles. The molecule has 0 spiro atoms. The minimum Gasteiger partial charge on any atom is -0.487 e. The van der Waals surface area contributed by atoms with Crippen molar-refractivity contribution in [3.63, 3.8) is 0 Å². The minimum absolute atomic E-state index is 0.137. The average molecular weight is 300 g/mol. The van der Waals surface area contributed by atoms with Gasteiger partial charge in [0.25, 0.3) is 0 Å². The lowest BCUT2D eigenvalue weighted by Crippen LogP contribution is -2.25. The molecule has 114 valence electrons. The van der Waals surface area contributed by atoms with E-state index in [0.29, 0.717) is 22.3 Å². The van der Waals surface area contributed by atoms with Crippen LogP contribution in [-0.2, 0) is 0 Å². The van der Waals surface area contributed by atoms with Crippen molar-refractivity contribution in [3.8, 4) is 16.9 Å². The van der Waals surface area contributed by atoms with Gasteiger partial charge in [0.1, 0.15) is 13.7 Å². The molecule has 0 atom stereocenters. The fraction of sp³-hybridized carbons (Fsp3) is 0.333. The minimum atomic E-state index is -0.343. The van der Waals surface area contributed by atoms with Crippen molar-refractivity contribution in [2.24, 2.45) is 0 Å². The normalized spacial score (nSPS) is 14.7. The molecule has 0 aromatic heterocycles. The van der Waals surface area contributed by atoms with Crippen LogP contribution in [0.5, 0.6) is 5.75 Å². The summed E-state index contributed by atoms with van der Waals surface area (Å²) in [5.74, 6) is -0.270. The Morgan fingerprint density at radius 1 is 1.00 bits per heavy atom. The number of benzene rings is 2. The largest absolute Gasteiger partial charge is 0.487 e. The van der Waals surface area contributed by atoms with Gasteiger partial charge in [0.2, 0.25) is 0 Å². The third-order valence-electron chi connectivity index (χ3n) is 4.57. The second-order valence-electron chi connectivity index (χ2n) is 6.09. The highest BCUT2D eigenvalue weighted by Crippen LogP contribution is 2.33. The van der Waals surface area contributed by atoms with E-state index in [-0.39, 0.29) is 17.7 Å². The Morgan fingerprint density at radius 3 is 2.32 bits per heavy atom. The summed E-state index contributed by atoms with van der Waals surface area (Å²) >= 11 is 0. The maximum absolute atomic E-state index is 14.6. The van der Waals surface area contributed by atoms with Gasteiger partial charge >= 0.3 is 0 Å². The standard InChI is InChI=1S/C18H19BF2O/c1-10-6-7-14(16(19)17(10)20)13-8-9-15(18(21)11(13)2)22-12-4-3-5-12/h6-9,12H,3-5,19H2,1-2H3. The fourth-order valence-corrected chi connectivity index (χ4v) is 2.82. The van der Waals surface area contributed by atoms with Crippen molar-refractivity contribution >= 4 is 13.3 Å². The lowest BCUT2D eigenvalue weighted by Gasteiger charge is -2.27. The Balaban J connectivity index is 2.01. The molecular weight excluding hydrogens is 281 g/mol. The van der Waals surface area contributed by atoms with Gasteiger partial charge < -0.3 is 4.74 Å². The van der Waals surface area contributed by atoms with E-state index in [9.17, 15) is 8.78 Å². The van der Waals surface area contributed by atoms with Crippen LogP contribution >= 0.6 is 0 Å². The highest BCUT2D eigenvalue weighted by atomic mass is 19.1. The molecule has 4 heteroatoms. The van der Waals surface area contributed by atoms with E-state index >= 15 is 0 Å². The maximum atomic E-state index is 14.6. The SMILES string of the molecule is Bc1c(-c2ccc(OC3CCC3)c(F)c2C)ccc(C)c1F. The Kier molecular flexibility index (Phi) is 3.94. The van der Waals surface area contributed by atoms with Gasteiger partial charge in [-0.15, -0.1) is 0 Å². The van der Waals surface area contributed by atoms with E-state index < -0.39 is 0 Å². The Bertz CT molecular complexity index is 724. The molecule has 0 unspecified atom stereocenters. The molecular formula is C18H19BF2O. The molecule has 2 aromatic carbocycles. The summed E-state index contributed by atoms with van der Waals surface area (Å²) in [4.78, 5) is 0. The smallest absolute Gasteiger partial charge is 0.168 e. The van der Waals surface area contributed by atoms with Crippen molar-refractivity contribution in [1.29, 1.82) is 0 Å². The number of hydrogen-bond donors (Lipinski definition) is 0. The summed E-state index contributed by atoms with van der Waals surface area (Å²) in [6.45, 7) is 3.45. The highest BCUT2D eigenvalue weighted by Gasteiger charge is 2.22. The Labute approximate surface area is 130 Å². The molecule has 0 heterocycles. The van der Waals surface area contributed by atoms with Gasteiger partial charge in [-0.05, 0) is 66.9 Å². The van der Waals surface area contributed by atoms with Gasteiger partial charge in [-0.2, -0.15) is 0 Å². The van der Waals surface area contributed by atoms with Crippen molar-refractivity contribution in [3.05, 3.63) is 47.0 Å². The van der Waals surface area contributed by atoms with Crippen molar-refractivity contribution in [1.82, 2.24) is 0 Å². The molecule has 1 aliphatic rings. The number of ether oxygens (including phenoxy) is 1. The number of hydrogen-bond acceptors (Lipinski definition) is 1. The predicted molar refractivity (Wildman–Crippen MR) is 87.7 cm³/mol. The predicted octanol–water partition coefficient (Wildman–Crippen LogP) is 3.44. The lowest BCUT2D eigenvalue weighted by molar-refractivity contribution is 0.115. The summed E-state index contributed by atoms with van der Waals surface area (Å²) in [7, 11) is 1.73. The fourth-order valence-electron chi connectivity index (χ4n) is 2.82. The van der Waals surface area contributed by atoms with E-state index in [1.165, 1.54) is 0 Å². The summed E-state index contributed by atoms with van der Waals surface area (Å²) in [6, 6.07) is 7.06. The molecule has 1 fully saturated rings. The molecule has 22 heavy (non-hydrogen) atoms. The Morgan fingerprint density at radius 2 is 1.68 bits per heavy atom. The second kappa shape index (κ2) is 5.75. The van der Waals surface area contributed by atoms with Gasteiger partial charge in [-0.25, -0.2) is 8.78 Å². The molecule has 0 radical (unpaired) electrons. The highest BCUT2D eigenvalue weighted by molar-refractivity contribution is 6.36. The topological polar surface area (TPSA) is 9.23 Å². The van der Waals surface area contributed by atoms with Crippen LogP contribution in [0.1, 0.15) is 30.4 Å². The third-order valence-corrected chi connectivity index (χ3v) is 4.57. The lowest BCUT2D eigenvalue weighted by atomic mass is 9.84. The molecule has 0 N–H and O–H groups in total. The zero-order valence-corrected chi connectivity index (χ0v) is 13.2. The quantitative estimate of drug-likeness (QED) is 0.789. The zero-order valence-electron chi connectivity index (χ0n) is 13.2. The van der Waals surface area contributed by atoms with Crippen molar-refractivity contribution < 1.29 is 13.5 Å². The van der Waals surface area contributed by atoms with Gasteiger partial charge in [0.15, 0.2) is 11.6 Å². The zero-order chi connectivity index (χ0) is 15.9. The van der Waals surface area contributed by atoms with Crippen LogP contribution in [0, 0.1) is 25.5 Å². The molecule has 0 saturated heterocycles. The van der Waals surface area contributed by atoms with Crippen LogP contribution in [0.15, 0.2) is 24.3 Å². The molecule has 3 rings (SSSR count). The third kappa shape index (κ3) is 2.51. The van der Waals surface area contributed by atoms with E-state index in [1.54, 1.807) is 33.8 Å². The molecule has 0 amide bonds. The summed E-state index contributed by atoms with van der Waals surface area (Å²) in [5.41, 5.74) is 3.10. The maximum Gasteiger partial charge on any atom is 0.168 e. The van der Waals surface area contributed by atoms with Crippen LogP contribution < -0.4 is 10.2 Å². The first-order valence-corrected chi connectivity index (χ1v) is 7.71. The summed E-state index contributed by atoms with van der Waals surface area (Å²) < 4.78 is 34.3. The van der Waals surface area contributed by atoms with Gasteiger partial charge in [-0.3, -0.25) is 0 Å². The van der Waals surface area contributed by atoms with E-state index in [4.69, 9.17) is 4.74 Å². The molecule has 2 aromatic rings. The van der Waals surface area contributed by atoms with Crippen LogP contribution in [0.2, 0.25) is 0 Å². The van der Waals surface area contributed by atoms with Gasteiger partial charge in [0, 0.05) is 0 Å². The molecule has 1 saturated carbocycles. The number of halogens is 2. The second-order valence-corrected chi connectivity index (χ2v) is 6.09.